The maximum atomic E-state index is 12.4. The number of aromatic amines is 1. The Labute approximate surface area is 249 Å². The van der Waals surface area contributed by atoms with Crippen molar-refractivity contribution in [3.63, 3.8) is 0 Å². The fourth-order valence-electron chi connectivity index (χ4n) is 5.55. The largest absolute Gasteiger partial charge is 2.00 e. The van der Waals surface area contributed by atoms with Crippen LogP contribution in [0.3, 0.4) is 0 Å². The van der Waals surface area contributed by atoms with Crippen LogP contribution in [0.4, 0.5) is 11.6 Å². The number of nitrogens with zero attached hydrogens (tertiary/aromatic N) is 7. The number of rotatable bonds is 0. The average Bonchev–Trinajstić information content (AvgIpc) is 3.72. The summed E-state index contributed by atoms with van der Waals surface area (Å²) in [6.07, 6.45) is 4.78. The van der Waals surface area contributed by atoms with Gasteiger partial charge in [-0.1, -0.05) is 72.8 Å². The first-order valence-electron chi connectivity index (χ1n) is 13.1. The minimum absolute atomic E-state index is 0. The van der Waals surface area contributed by atoms with Gasteiger partial charge in [-0.15, -0.1) is 0 Å². The van der Waals surface area contributed by atoms with E-state index in [2.05, 4.69) is 4.98 Å². The Morgan fingerprint density at radius 1 is 0.548 bits per heavy atom. The number of allylic oxidation sites excluding steroid dienone is 3. The minimum Gasteiger partial charge on any atom is -0.357 e. The third-order valence-corrected chi connectivity index (χ3v) is 7.46. The molecule has 8 bridgehead atoms. The van der Waals surface area contributed by atoms with E-state index in [9.17, 15) is 4.79 Å². The first-order chi connectivity index (χ1) is 20.2. The van der Waals surface area contributed by atoms with Crippen molar-refractivity contribution in [1.29, 1.82) is 0 Å². The number of H-pyrrole nitrogens is 1. The van der Waals surface area contributed by atoms with Crippen LogP contribution in [0.15, 0.2) is 133 Å². The van der Waals surface area contributed by atoms with Crippen LogP contribution in [0.2, 0.25) is 0 Å². The van der Waals surface area contributed by atoms with E-state index in [1.54, 1.807) is 6.08 Å². The number of nitrogens with one attached hydrogen (secondary N) is 1. The predicted octanol–water partition coefficient (Wildman–Crippen LogP) is 3.23. The molecule has 10 heteroatoms. The van der Waals surface area contributed by atoms with Crippen LogP contribution in [0, 0.1) is 0 Å². The molecule has 3 aromatic carbocycles. The minimum atomic E-state index is -0.137. The van der Waals surface area contributed by atoms with Crippen molar-refractivity contribution in [2.24, 2.45) is 25.0 Å². The van der Waals surface area contributed by atoms with Gasteiger partial charge >= 0.3 is 19.5 Å². The van der Waals surface area contributed by atoms with Gasteiger partial charge in [-0.25, -0.2) is 4.99 Å². The SMILES string of the molecule is O=C1C=CC2=C3N=C(N=c4[n-]/c(c5ccccc45)=N\c4[nH]c(c5ccccc45)/N=c4\[n-]/c(c5ccccc45)=N\3)C2=C1.[Zn+2]. The van der Waals surface area contributed by atoms with Gasteiger partial charge in [0.2, 0.25) is 0 Å². The summed E-state index contributed by atoms with van der Waals surface area (Å²) in [7, 11) is 0. The molecular weight excluding hydrogens is 578 g/mol. The van der Waals surface area contributed by atoms with E-state index in [0.717, 1.165) is 32.3 Å². The van der Waals surface area contributed by atoms with Gasteiger partial charge in [-0.05, 0) is 39.8 Å². The number of hydrogen-bond donors (Lipinski definition) is 1. The van der Waals surface area contributed by atoms with Crippen molar-refractivity contribution < 1.29 is 24.3 Å². The quantitative estimate of drug-likeness (QED) is 0.272. The Morgan fingerprint density at radius 2 is 1.02 bits per heavy atom. The van der Waals surface area contributed by atoms with E-state index >= 15 is 0 Å². The molecule has 0 spiro atoms. The molecule has 3 aromatic heterocycles. The first kappa shape index (κ1) is 24.5. The molecule has 9 nitrogen and oxygen atoms in total. The van der Waals surface area contributed by atoms with Gasteiger partial charge in [0, 0.05) is 43.9 Å². The molecule has 1 N–H and O–H groups in total. The summed E-state index contributed by atoms with van der Waals surface area (Å²) >= 11 is 0. The number of amidine groups is 1. The summed E-state index contributed by atoms with van der Waals surface area (Å²) in [4.78, 5) is 49.9. The number of aliphatic imine (C=N–C) groups is 1. The fourth-order valence-corrected chi connectivity index (χ4v) is 5.55. The Balaban J connectivity index is 0.00000267. The Hall–Kier alpha value is -5.34. The van der Waals surface area contributed by atoms with E-state index in [1.807, 2.05) is 72.8 Å². The predicted molar refractivity (Wildman–Crippen MR) is 153 cm³/mol. The van der Waals surface area contributed by atoms with Crippen LogP contribution in [0.25, 0.3) is 32.3 Å². The van der Waals surface area contributed by atoms with Gasteiger partial charge in [0.15, 0.2) is 5.78 Å². The molecule has 0 saturated carbocycles. The molecule has 0 saturated heterocycles. The molecule has 0 amide bonds. The topological polar surface area (TPSA) is 123 Å². The third kappa shape index (κ3) is 3.59. The Kier molecular flexibility index (Phi) is 5.29. The second-order valence-corrected chi connectivity index (χ2v) is 9.89. The number of benzene rings is 3. The summed E-state index contributed by atoms with van der Waals surface area (Å²) in [6.45, 7) is 0. The van der Waals surface area contributed by atoms with Crippen LogP contribution in [-0.4, -0.2) is 16.6 Å². The maximum absolute atomic E-state index is 12.4. The maximum Gasteiger partial charge on any atom is 2.00 e. The standard InChI is InChI=1S/C32H17N8O.Zn/c41-16-13-14-23-24(15-16)32-39-30-22-12-6-5-11-21(22)28(37-30)35-26-18-8-2-1-7-17(18)25(33-26)34-27-19-9-3-4-10-20(19)29(36-27)38-31(23)40-32;/h1-15H,(H2-,33,34,35,36,37,38,39,40,41);/q-1;+2/p-1. The number of carbonyl (C=O) groups excluding carboxylic acids is 1. The van der Waals surface area contributed by atoms with E-state index in [-0.39, 0.29) is 25.3 Å². The summed E-state index contributed by atoms with van der Waals surface area (Å²) in [5, 5.41) is 5.23. The molecule has 3 aliphatic rings. The number of aromatic nitrogens is 3. The molecule has 0 atom stereocenters. The number of hydrogen-bond acceptors (Lipinski definition) is 6. The van der Waals surface area contributed by atoms with Gasteiger partial charge in [-0.2, -0.15) is 0 Å². The molecule has 5 heterocycles. The molecule has 9 rings (SSSR count). The zero-order valence-corrected chi connectivity index (χ0v) is 24.9. The molecule has 42 heavy (non-hydrogen) atoms. The van der Waals surface area contributed by atoms with Crippen molar-refractivity contribution in [2.75, 3.05) is 0 Å². The van der Waals surface area contributed by atoms with Crippen LogP contribution in [0.1, 0.15) is 0 Å². The van der Waals surface area contributed by atoms with Crippen LogP contribution in [-0.2, 0) is 24.3 Å². The van der Waals surface area contributed by atoms with Crippen LogP contribution < -0.4 is 31.9 Å². The van der Waals surface area contributed by atoms with Crippen molar-refractivity contribution in [3.8, 4) is 0 Å². The van der Waals surface area contributed by atoms with Gasteiger partial charge in [0.05, 0.1) is 23.3 Å². The molecule has 0 radical (unpaired) electrons. The normalized spacial score (nSPS) is 17.8. The Morgan fingerprint density at radius 3 is 1.57 bits per heavy atom. The van der Waals surface area contributed by atoms with Crippen molar-refractivity contribution >= 4 is 55.6 Å². The van der Waals surface area contributed by atoms with Gasteiger partial charge < -0.3 is 34.9 Å². The number of carbonyl (C=O) groups is 1. The zero-order chi connectivity index (χ0) is 27.1. The second-order valence-electron chi connectivity index (χ2n) is 9.89. The molecule has 0 fully saturated rings. The molecule has 192 valence electrons. The zero-order valence-electron chi connectivity index (χ0n) is 21.9. The molecular formula is C32H16N8OZn. The molecule has 6 aromatic rings. The molecule has 0 unspecified atom stereocenters. The summed E-state index contributed by atoms with van der Waals surface area (Å²) in [5.41, 5.74) is 3.32. The van der Waals surface area contributed by atoms with E-state index in [0.29, 0.717) is 56.4 Å². The summed E-state index contributed by atoms with van der Waals surface area (Å²) in [5.74, 6) is 1.93. The fraction of sp³-hybridized carbons (Fsp3) is 0. The summed E-state index contributed by atoms with van der Waals surface area (Å²) < 4.78 is 0. The van der Waals surface area contributed by atoms with Crippen LogP contribution in [0.5, 0.6) is 0 Å². The van der Waals surface area contributed by atoms with E-state index in [1.165, 1.54) is 12.2 Å². The monoisotopic (exact) mass is 592 g/mol. The molecule has 2 aliphatic heterocycles. The van der Waals surface area contributed by atoms with E-state index in [4.69, 9.17) is 34.9 Å². The van der Waals surface area contributed by atoms with Gasteiger partial charge in [0.1, 0.15) is 0 Å². The smallest absolute Gasteiger partial charge is 0.357 e. The number of ketones is 1. The van der Waals surface area contributed by atoms with Crippen molar-refractivity contribution in [2.45, 2.75) is 0 Å². The van der Waals surface area contributed by atoms with E-state index < -0.39 is 0 Å². The van der Waals surface area contributed by atoms with Crippen molar-refractivity contribution in [3.05, 3.63) is 130 Å². The van der Waals surface area contributed by atoms with Crippen LogP contribution >= 0.6 is 0 Å². The first-order valence-corrected chi connectivity index (χ1v) is 13.1. The Bertz CT molecular complexity index is 2560. The third-order valence-electron chi connectivity index (χ3n) is 7.46. The average molecular weight is 594 g/mol. The van der Waals surface area contributed by atoms with Gasteiger partial charge in [-0.3, -0.25) is 4.79 Å². The number of fused-ring (bicyclic) bond motifs is 18. The van der Waals surface area contributed by atoms with Gasteiger partial charge in [0.25, 0.3) is 0 Å². The van der Waals surface area contributed by atoms with Crippen molar-refractivity contribution in [1.82, 2.24) is 15.0 Å². The molecule has 1 aliphatic carbocycles. The second kappa shape index (κ2) is 9.09. The summed E-state index contributed by atoms with van der Waals surface area (Å²) in [6, 6.07) is 23.6.